The lowest BCUT2D eigenvalue weighted by molar-refractivity contribution is 0.217. The van der Waals surface area contributed by atoms with Crippen LogP contribution in [0.2, 0.25) is 0 Å². The van der Waals surface area contributed by atoms with Gasteiger partial charge in [-0.05, 0) is 59.5 Å². The number of hydrogen-bond acceptors (Lipinski definition) is 4. The van der Waals surface area contributed by atoms with Gasteiger partial charge in [0, 0.05) is 10.9 Å². The molecule has 5 rings (SSSR count). The first kappa shape index (κ1) is 18.6. The summed E-state index contributed by atoms with van der Waals surface area (Å²) >= 11 is 0. The fraction of sp³-hybridized carbons (Fsp3) is 0.192. The van der Waals surface area contributed by atoms with Crippen LogP contribution >= 0.6 is 0 Å². The fourth-order valence-electron chi connectivity index (χ4n) is 3.89. The van der Waals surface area contributed by atoms with E-state index >= 15 is 0 Å². The zero-order chi connectivity index (χ0) is 20.5. The van der Waals surface area contributed by atoms with Crippen LogP contribution in [0.5, 0.6) is 11.5 Å². The topological polar surface area (TPSA) is 51.6 Å². The van der Waals surface area contributed by atoms with E-state index in [4.69, 9.17) is 14.5 Å². The molecule has 0 spiro atoms. The first-order valence-electron chi connectivity index (χ1n) is 10.3. The number of benzene rings is 3. The molecule has 0 amide bonds. The van der Waals surface area contributed by atoms with Crippen molar-refractivity contribution in [1.82, 2.24) is 4.98 Å². The molecule has 0 saturated heterocycles. The van der Waals surface area contributed by atoms with Crippen LogP contribution in [-0.2, 0) is 19.6 Å². The van der Waals surface area contributed by atoms with Gasteiger partial charge in [-0.2, -0.15) is 0 Å². The van der Waals surface area contributed by atoms with Crippen molar-refractivity contribution >= 4 is 10.9 Å². The minimum atomic E-state index is -0.742. The van der Waals surface area contributed by atoms with E-state index in [0.29, 0.717) is 24.7 Å². The number of aryl methyl sites for hydroxylation is 1. The fourth-order valence-corrected chi connectivity index (χ4v) is 3.89. The maximum atomic E-state index is 10.9. The molecule has 1 N–H and O–H groups in total. The number of aromatic nitrogens is 1. The molecule has 0 bridgehead atoms. The Hall–Kier alpha value is -3.37. The molecule has 0 aliphatic carbocycles. The van der Waals surface area contributed by atoms with Crippen molar-refractivity contribution in [3.05, 3.63) is 101 Å². The molecule has 0 saturated carbocycles. The van der Waals surface area contributed by atoms with Gasteiger partial charge in [-0.15, -0.1) is 0 Å². The van der Waals surface area contributed by atoms with Gasteiger partial charge in [-0.1, -0.05) is 43.3 Å². The highest BCUT2D eigenvalue weighted by molar-refractivity contribution is 5.79. The number of rotatable bonds is 4. The van der Waals surface area contributed by atoms with Crippen molar-refractivity contribution < 1.29 is 14.6 Å². The summed E-state index contributed by atoms with van der Waals surface area (Å²) in [5.74, 6) is 1.36. The van der Waals surface area contributed by atoms with Crippen LogP contribution in [0.25, 0.3) is 10.9 Å². The summed E-state index contributed by atoms with van der Waals surface area (Å²) in [6.07, 6.45) is 0.271. The zero-order valence-electron chi connectivity index (χ0n) is 16.8. The van der Waals surface area contributed by atoms with Crippen LogP contribution in [-0.4, -0.2) is 10.1 Å². The average molecular weight is 397 g/mol. The summed E-state index contributed by atoms with van der Waals surface area (Å²) in [5.41, 5.74) is 5.72. The van der Waals surface area contributed by atoms with Crippen molar-refractivity contribution in [3.63, 3.8) is 0 Å². The van der Waals surface area contributed by atoms with Gasteiger partial charge in [0.05, 0.1) is 11.2 Å². The second-order valence-corrected chi connectivity index (χ2v) is 7.56. The van der Waals surface area contributed by atoms with Gasteiger partial charge in [-0.3, -0.25) is 0 Å². The number of hydrogen-bond donors (Lipinski definition) is 1. The molecule has 1 atom stereocenters. The molecular weight excluding hydrogens is 374 g/mol. The zero-order valence-corrected chi connectivity index (χ0v) is 16.8. The number of ether oxygens (including phenoxy) is 2. The van der Waals surface area contributed by atoms with Gasteiger partial charge >= 0.3 is 0 Å². The molecule has 1 aliphatic rings. The van der Waals surface area contributed by atoms with Crippen molar-refractivity contribution in [2.24, 2.45) is 0 Å². The third kappa shape index (κ3) is 3.51. The highest BCUT2D eigenvalue weighted by Crippen LogP contribution is 2.37. The molecule has 4 aromatic rings. The Labute approximate surface area is 175 Å². The van der Waals surface area contributed by atoms with Crippen LogP contribution in [0.15, 0.2) is 72.8 Å². The van der Waals surface area contributed by atoms with Crippen LogP contribution < -0.4 is 9.47 Å². The van der Waals surface area contributed by atoms with E-state index in [1.54, 1.807) is 0 Å². The van der Waals surface area contributed by atoms with E-state index < -0.39 is 6.10 Å². The molecule has 1 aromatic heterocycles. The summed E-state index contributed by atoms with van der Waals surface area (Å²) in [7, 11) is 0. The Balaban J connectivity index is 1.37. The summed E-state index contributed by atoms with van der Waals surface area (Å²) in [6, 6.07) is 23.8. The Morgan fingerprint density at radius 2 is 1.90 bits per heavy atom. The second-order valence-electron chi connectivity index (χ2n) is 7.56. The minimum Gasteiger partial charge on any atom is -0.488 e. The lowest BCUT2D eigenvalue weighted by atomic mass is 9.97. The molecule has 4 nitrogen and oxygen atoms in total. The second kappa shape index (κ2) is 7.81. The normalized spacial score (nSPS) is 15.1. The van der Waals surface area contributed by atoms with Gasteiger partial charge in [0.1, 0.15) is 30.8 Å². The van der Waals surface area contributed by atoms with E-state index in [-0.39, 0.29) is 0 Å². The highest BCUT2D eigenvalue weighted by atomic mass is 16.5. The number of nitrogens with zero attached hydrogens (tertiary/aromatic N) is 1. The van der Waals surface area contributed by atoms with Gasteiger partial charge < -0.3 is 14.6 Å². The molecule has 1 aliphatic heterocycles. The van der Waals surface area contributed by atoms with E-state index in [2.05, 4.69) is 31.2 Å². The van der Waals surface area contributed by atoms with Crippen LogP contribution in [0.4, 0.5) is 0 Å². The van der Waals surface area contributed by atoms with E-state index in [9.17, 15) is 5.11 Å². The van der Waals surface area contributed by atoms with E-state index in [0.717, 1.165) is 39.7 Å². The molecule has 0 radical (unpaired) electrons. The highest BCUT2D eigenvalue weighted by Gasteiger charge is 2.23. The molecule has 1 unspecified atom stereocenters. The first-order valence-corrected chi connectivity index (χ1v) is 10.3. The maximum Gasteiger partial charge on any atom is 0.130 e. The van der Waals surface area contributed by atoms with Crippen molar-refractivity contribution in [2.45, 2.75) is 32.7 Å². The first-order chi connectivity index (χ1) is 14.7. The third-order valence-corrected chi connectivity index (χ3v) is 5.61. The third-order valence-electron chi connectivity index (χ3n) is 5.61. The van der Waals surface area contributed by atoms with Crippen LogP contribution in [0.1, 0.15) is 41.0 Å². The van der Waals surface area contributed by atoms with Gasteiger partial charge in [0.25, 0.3) is 0 Å². The number of aliphatic hydroxyl groups excluding tert-OH is 1. The van der Waals surface area contributed by atoms with Crippen molar-refractivity contribution in [1.29, 1.82) is 0 Å². The molecule has 30 heavy (non-hydrogen) atoms. The maximum absolute atomic E-state index is 10.9. The number of pyridine rings is 1. The van der Waals surface area contributed by atoms with Crippen molar-refractivity contribution in [3.8, 4) is 11.5 Å². The summed E-state index contributed by atoms with van der Waals surface area (Å²) < 4.78 is 11.9. The molecule has 2 heterocycles. The van der Waals surface area contributed by atoms with Crippen molar-refractivity contribution in [2.75, 3.05) is 0 Å². The molecule has 150 valence electrons. The smallest absolute Gasteiger partial charge is 0.130 e. The largest absolute Gasteiger partial charge is 0.488 e. The molecule has 3 aromatic carbocycles. The van der Waals surface area contributed by atoms with Gasteiger partial charge in [0.15, 0.2) is 0 Å². The Morgan fingerprint density at radius 3 is 2.80 bits per heavy atom. The standard InChI is InChI=1S/C26H23NO3/c1-2-17-7-11-24-18(13-17)8-9-20(27-24)16-29-21-10-12-25-23(14-21)26(28)22-6-4-3-5-19(22)15-30-25/h3-14,26,28H,2,15-16H2,1H3. The SMILES string of the molecule is CCc1ccc2nc(COc3ccc4c(c3)C(O)c3ccccc3CO4)ccc2c1. The summed E-state index contributed by atoms with van der Waals surface area (Å²) in [6.45, 7) is 2.96. The monoisotopic (exact) mass is 397 g/mol. The molecule has 4 heteroatoms. The predicted molar refractivity (Wildman–Crippen MR) is 117 cm³/mol. The number of aliphatic hydroxyl groups is 1. The van der Waals surface area contributed by atoms with E-state index in [1.807, 2.05) is 48.5 Å². The summed E-state index contributed by atoms with van der Waals surface area (Å²) in [4.78, 5) is 4.71. The lowest BCUT2D eigenvalue weighted by Gasteiger charge is -2.15. The van der Waals surface area contributed by atoms with Crippen LogP contribution in [0, 0.1) is 0 Å². The minimum absolute atomic E-state index is 0.359. The Bertz CT molecular complexity index is 1220. The van der Waals surface area contributed by atoms with E-state index in [1.165, 1.54) is 5.56 Å². The predicted octanol–water partition coefficient (Wildman–Crippen LogP) is 5.35. The number of fused-ring (bicyclic) bond motifs is 3. The molecular formula is C26H23NO3. The van der Waals surface area contributed by atoms with Gasteiger partial charge in [-0.25, -0.2) is 4.98 Å². The molecule has 0 fully saturated rings. The van der Waals surface area contributed by atoms with Crippen LogP contribution in [0.3, 0.4) is 0 Å². The lowest BCUT2D eigenvalue weighted by Crippen LogP contribution is -2.02. The van der Waals surface area contributed by atoms with Gasteiger partial charge in [0.2, 0.25) is 0 Å². The quantitative estimate of drug-likeness (QED) is 0.504. The Kier molecular flexibility index (Phi) is 4.85. The Morgan fingerprint density at radius 1 is 1.00 bits per heavy atom. The summed E-state index contributed by atoms with van der Waals surface area (Å²) in [5, 5.41) is 12.1. The average Bonchev–Trinajstić information content (AvgIpc) is 2.94.